The van der Waals surface area contributed by atoms with Crippen molar-refractivity contribution in [2.24, 2.45) is 0 Å². The van der Waals surface area contributed by atoms with Crippen molar-refractivity contribution < 1.29 is 0 Å². The van der Waals surface area contributed by atoms with Gasteiger partial charge in [0.2, 0.25) is 0 Å². The quantitative estimate of drug-likeness (QED) is 0.265. The molecule has 0 atom stereocenters. The Bertz CT molecular complexity index is 1460. The molecule has 0 unspecified atom stereocenters. The molecule has 0 radical (unpaired) electrons. The summed E-state index contributed by atoms with van der Waals surface area (Å²) >= 11 is -0.489. The van der Waals surface area contributed by atoms with Crippen molar-refractivity contribution in [2.45, 2.75) is 0 Å². The van der Waals surface area contributed by atoms with Crippen LogP contribution >= 0.6 is 0 Å². The Balaban J connectivity index is 1.63. The molecule has 0 aliphatic heterocycles. The first kappa shape index (κ1) is 18.4. The zero-order valence-corrected chi connectivity index (χ0v) is 18.9. The third-order valence-electron chi connectivity index (χ3n) is 5.34. The number of fused-ring (bicyclic) bond motifs is 3. The summed E-state index contributed by atoms with van der Waals surface area (Å²) in [5.41, 5.74) is 3.12. The van der Waals surface area contributed by atoms with Gasteiger partial charge in [-0.25, -0.2) is 0 Å². The molecule has 0 bridgehead atoms. The molecular weight excluding hydrogens is 494 g/mol. The van der Waals surface area contributed by atoms with Crippen LogP contribution in [0, 0.1) is 0 Å². The zero-order valence-electron chi connectivity index (χ0n) is 16.6. The summed E-state index contributed by atoms with van der Waals surface area (Å²) < 4.78 is 2.90. The van der Waals surface area contributed by atoms with E-state index in [1.165, 1.54) is 17.6 Å². The van der Waals surface area contributed by atoms with E-state index in [2.05, 4.69) is 42.5 Å². The molecule has 6 aromatic rings. The van der Waals surface area contributed by atoms with Crippen molar-refractivity contribution in [1.82, 2.24) is 15.0 Å². The second-order valence-electron chi connectivity index (χ2n) is 7.32. The van der Waals surface area contributed by atoms with Crippen molar-refractivity contribution in [1.29, 1.82) is 0 Å². The first-order valence-electron chi connectivity index (χ1n) is 10.1. The summed E-state index contributed by atoms with van der Waals surface area (Å²) in [6, 6.07) is 35.6. The normalized spacial score (nSPS) is 11.2. The Kier molecular flexibility index (Phi) is 4.61. The molecule has 31 heavy (non-hydrogen) atoms. The Morgan fingerprint density at radius 2 is 1.00 bits per heavy atom. The van der Waals surface area contributed by atoms with Gasteiger partial charge in [0.05, 0.1) is 0 Å². The van der Waals surface area contributed by atoms with Gasteiger partial charge in [0.15, 0.2) is 0 Å². The fourth-order valence-corrected chi connectivity index (χ4v) is 7.31. The van der Waals surface area contributed by atoms with Gasteiger partial charge in [0.25, 0.3) is 0 Å². The van der Waals surface area contributed by atoms with Crippen LogP contribution in [0.3, 0.4) is 0 Å². The SMILES string of the molecule is c1ccc(-c2nc(-c3ccccc3)nc(-c3cccc4c3[te]c3ccccc34)n2)cc1. The van der Waals surface area contributed by atoms with Gasteiger partial charge in [-0.15, -0.1) is 0 Å². The molecule has 2 heterocycles. The Labute approximate surface area is 189 Å². The molecule has 0 spiro atoms. The van der Waals surface area contributed by atoms with Gasteiger partial charge in [0.1, 0.15) is 0 Å². The number of nitrogens with zero attached hydrogens (tertiary/aromatic N) is 3. The number of hydrogen-bond donors (Lipinski definition) is 0. The van der Waals surface area contributed by atoms with Crippen molar-refractivity contribution in [3.63, 3.8) is 0 Å². The Morgan fingerprint density at radius 3 is 1.68 bits per heavy atom. The van der Waals surface area contributed by atoms with Crippen LogP contribution in [0.15, 0.2) is 103 Å². The van der Waals surface area contributed by atoms with Crippen LogP contribution in [-0.2, 0) is 0 Å². The van der Waals surface area contributed by atoms with Crippen LogP contribution in [-0.4, -0.2) is 35.4 Å². The van der Waals surface area contributed by atoms with Crippen LogP contribution in [0.4, 0.5) is 0 Å². The van der Waals surface area contributed by atoms with Crippen LogP contribution in [0.1, 0.15) is 0 Å². The van der Waals surface area contributed by atoms with Gasteiger partial charge < -0.3 is 0 Å². The number of aromatic nitrogens is 3. The maximum atomic E-state index is 4.94. The van der Waals surface area contributed by atoms with E-state index in [9.17, 15) is 0 Å². The topological polar surface area (TPSA) is 38.7 Å². The summed E-state index contributed by atoms with van der Waals surface area (Å²) in [4.78, 5) is 14.7. The minimum atomic E-state index is -0.489. The summed E-state index contributed by atoms with van der Waals surface area (Å²) in [7, 11) is 0. The average Bonchev–Trinajstić information content (AvgIpc) is 3.24. The summed E-state index contributed by atoms with van der Waals surface area (Å²) in [6.07, 6.45) is 0. The third-order valence-corrected chi connectivity index (χ3v) is 8.83. The molecule has 0 amide bonds. The van der Waals surface area contributed by atoms with Crippen molar-refractivity contribution >= 4 is 38.0 Å². The molecule has 3 nitrogen and oxygen atoms in total. The van der Waals surface area contributed by atoms with E-state index in [0.717, 1.165) is 22.5 Å². The van der Waals surface area contributed by atoms with Gasteiger partial charge in [-0.05, 0) is 0 Å². The van der Waals surface area contributed by atoms with E-state index in [1.807, 2.05) is 60.7 Å². The summed E-state index contributed by atoms with van der Waals surface area (Å²) in [6.45, 7) is 0. The van der Waals surface area contributed by atoms with E-state index in [4.69, 9.17) is 15.0 Å². The third kappa shape index (κ3) is 3.35. The van der Waals surface area contributed by atoms with Crippen LogP contribution in [0.2, 0.25) is 0 Å². The molecule has 0 saturated carbocycles. The molecule has 2 aromatic heterocycles. The van der Waals surface area contributed by atoms with Crippen molar-refractivity contribution in [2.75, 3.05) is 0 Å². The predicted octanol–water partition coefficient (Wildman–Crippen LogP) is 6.24. The first-order valence-corrected chi connectivity index (χ1v) is 12.5. The molecule has 4 aromatic carbocycles. The van der Waals surface area contributed by atoms with E-state index >= 15 is 0 Å². The van der Waals surface area contributed by atoms with Gasteiger partial charge in [-0.1, -0.05) is 0 Å². The second kappa shape index (κ2) is 7.74. The average molecular weight is 511 g/mol. The standard InChI is InChI=1S/C27H17N3Te/c1-3-10-18(11-4-1)25-28-26(19-12-5-2-6-13-19)30-27(29-25)22-16-9-15-21-20-14-7-8-17-23(20)31-24(21)22/h1-17H. The van der Waals surface area contributed by atoms with Gasteiger partial charge in [-0.3, -0.25) is 0 Å². The van der Waals surface area contributed by atoms with Crippen molar-refractivity contribution in [3.05, 3.63) is 103 Å². The Hall–Kier alpha value is -3.32. The molecule has 4 heteroatoms. The van der Waals surface area contributed by atoms with E-state index in [-0.39, 0.29) is 0 Å². The van der Waals surface area contributed by atoms with Crippen LogP contribution in [0.5, 0.6) is 0 Å². The van der Waals surface area contributed by atoms with E-state index < -0.39 is 20.4 Å². The van der Waals surface area contributed by atoms with Gasteiger partial charge in [0, 0.05) is 0 Å². The second-order valence-corrected chi connectivity index (χ2v) is 10.3. The van der Waals surface area contributed by atoms with Gasteiger partial charge in [-0.2, -0.15) is 0 Å². The van der Waals surface area contributed by atoms with Crippen LogP contribution in [0.25, 0.3) is 51.7 Å². The minimum absolute atomic E-state index is 0.489. The maximum absolute atomic E-state index is 4.94. The number of hydrogen-bond acceptors (Lipinski definition) is 3. The number of benzene rings is 4. The fourth-order valence-electron chi connectivity index (χ4n) is 3.85. The number of rotatable bonds is 3. The fraction of sp³-hybridized carbons (Fsp3) is 0. The molecular formula is C27H17N3Te. The molecule has 146 valence electrons. The predicted molar refractivity (Wildman–Crippen MR) is 128 cm³/mol. The van der Waals surface area contributed by atoms with Crippen molar-refractivity contribution in [3.8, 4) is 34.2 Å². The van der Waals surface area contributed by atoms with E-state index in [0.29, 0.717) is 11.6 Å². The van der Waals surface area contributed by atoms with E-state index in [1.54, 1.807) is 0 Å². The molecule has 0 aliphatic carbocycles. The molecule has 0 N–H and O–H groups in total. The summed E-state index contributed by atoms with van der Waals surface area (Å²) in [5.74, 6) is 2.17. The Morgan fingerprint density at radius 1 is 0.452 bits per heavy atom. The van der Waals surface area contributed by atoms with Gasteiger partial charge >= 0.3 is 190 Å². The molecule has 6 rings (SSSR count). The van der Waals surface area contributed by atoms with Crippen LogP contribution < -0.4 is 0 Å². The summed E-state index contributed by atoms with van der Waals surface area (Å²) in [5, 5.41) is 2.70. The molecule has 0 aliphatic rings. The first-order chi connectivity index (χ1) is 15.4. The zero-order chi connectivity index (χ0) is 20.6. The monoisotopic (exact) mass is 513 g/mol. The molecule has 0 fully saturated rings. The molecule has 0 saturated heterocycles.